The highest BCUT2D eigenvalue weighted by atomic mass is 32.1. The highest BCUT2D eigenvalue weighted by Gasteiger charge is 2.22. The zero-order valence-corrected chi connectivity index (χ0v) is 23.8. The van der Waals surface area contributed by atoms with Gasteiger partial charge in [-0.3, -0.25) is 9.47 Å². The largest absolute Gasteiger partial charge is 0.378 e. The van der Waals surface area contributed by atoms with Gasteiger partial charge in [0, 0.05) is 55.5 Å². The van der Waals surface area contributed by atoms with Crippen LogP contribution in [0.3, 0.4) is 0 Å². The first kappa shape index (κ1) is 25.9. The molecule has 0 unspecified atom stereocenters. The average Bonchev–Trinajstić information content (AvgIpc) is 3.70. The zero-order valence-electron chi connectivity index (χ0n) is 22.9. The summed E-state index contributed by atoms with van der Waals surface area (Å²) in [5, 5.41) is 11.4. The average molecular weight is 567 g/mol. The lowest BCUT2D eigenvalue weighted by Gasteiger charge is -2.32. The van der Waals surface area contributed by atoms with Crippen molar-refractivity contribution < 1.29 is 4.74 Å². The summed E-state index contributed by atoms with van der Waals surface area (Å²) in [6, 6.07) is 21.6. The molecule has 5 aromatic rings. The van der Waals surface area contributed by atoms with Crippen LogP contribution >= 0.6 is 11.3 Å². The molecule has 2 fully saturated rings. The molecule has 0 aliphatic carbocycles. The van der Waals surface area contributed by atoms with E-state index in [4.69, 9.17) is 19.7 Å². The van der Waals surface area contributed by atoms with Gasteiger partial charge in [0.1, 0.15) is 6.33 Å². The van der Waals surface area contributed by atoms with Crippen molar-refractivity contribution in [3.63, 3.8) is 0 Å². The van der Waals surface area contributed by atoms with Crippen molar-refractivity contribution in [2.75, 3.05) is 54.9 Å². The Morgan fingerprint density at radius 1 is 0.878 bits per heavy atom. The van der Waals surface area contributed by atoms with Crippen LogP contribution in [0.15, 0.2) is 77.8 Å². The van der Waals surface area contributed by atoms with Crippen LogP contribution in [0.25, 0.3) is 16.9 Å². The molecule has 0 saturated carbocycles. The molecule has 0 bridgehead atoms. The number of fused-ring (bicyclic) bond motifs is 1. The fourth-order valence-corrected chi connectivity index (χ4v) is 6.24. The number of hydrogen-bond donors (Lipinski definition) is 2. The van der Waals surface area contributed by atoms with Crippen molar-refractivity contribution in [1.29, 1.82) is 0 Å². The zero-order chi connectivity index (χ0) is 27.4. The van der Waals surface area contributed by atoms with Crippen LogP contribution in [0.5, 0.6) is 0 Å². The van der Waals surface area contributed by atoms with Crippen molar-refractivity contribution in [2.24, 2.45) is 0 Å². The van der Waals surface area contributed by atoms with Crippen molar-refractivity contribution in [1.82, 2.24) is 24.4 Å². The van der Waals surface area contributed by atoms with Crippen LogP contribution < -0.4 is 15.5 Å². The second kappa shape index (κ2) is 11.9. The van der Waals surface area contributed by atoms with Crippen LogP contribution in [-0.2, 0) is 11.3 Å². The number of ether oxygens (including phenoxy) is 1. The molecule has 0 spiro atoms. The second-order valence-corrected chi connectivity index (χ2v) is 11.4. The Morgan fingerprint density at radius 2 is 1.68 bits per heavy atom. The third-order valence-corrected chi connectivity index (χ3v) is 8.53. The molecular formula is C31H34N8OS. The summed E-state index contributed by atoms with van der Waals surface area (Å²) < 4.78 is 7.53. The molecule has 2 aromatic carbocycles. The predicted octanol–water partition coefficient (Wildman–Crippen LogP) is 5.53. The van der Waals surface area contributed by atoms with Gasteiger partial charge in [0.15, 0.2) is 17.0 Å². The minimum absolute atomic E-state index is 0.326. The number of likely N-dealkylation sites (tertiary alicyclic amines) is 1. The number of nitrogens with zero attached hydrogens (tertiary/aromatic N) is 6. The van der Waals surface area contributed by atoms with Crippen molar-refractivity contribution in [3.8, 4) is 5.69 Å². The highest BCUT2D eigenvalue weighted by Crippen LogP contribution is 2.28. The van der Waals surface area contributed by atoms with Gasteiger partial charge in [-0.2, -0.15) is 21.3 Å². The van der Waals surface area contributed by atoms with Crippen LogP contribution in [0.4, 0.5) is 23.1 Å². The number of hydrogen-bond acceptors (Lipinski definition) is 9. The normalized spacial score (nSPS) is 16.7. The van der Waals surface area contributed by atoms with Gasteiger partial charge in [0.05, 0.1) is 18.9 Å². The fraction of sp³-hybridized carbons (Fsp3) is 0.323. The van der Waals surface area contributed by atoms with Crippen molar-refractivity contribution in [3.05, 3.63) is 83.3 Å². The minimum Gasteiger partial charge on any atom is -0.378 e. The summed E-state index contributed by atoms with van der Waals surface area (Å²) >= 11 is 1.66. The Balaban J connectivity index is 1.11. The lowest BCUT2D eigenvalue weighted by Crippen LogP contribution is -2.38. The Kier molecular flexibility index (Phi) is 7.50. The van der Waals surface area contributed by atoms with E-state index in [1.54, 1.807) is 11.3 Å². The van der Waals surface area contributed by atoms with E-state index in [1.807, 2.05) is 10.9 Å². The molecule has 2 aliphatic heterocycles. The lowest BCUT2D eigenvalue weighted by atomic mass is 10.0. The van der Waals surface area contributed by atoms with E-state index in [0.29, 0.717) is 12.0 Å². The second-order valence-electron chi connectivity index (χ2n) is 10.6. The van der Waals surface area contributed by atoms with Gasteiger partial charge in [-0.1, -0.05) is 30.3 Å². The maximum Gasteiger partial charge on any atom is 0.231 e. The third kappa shape index (κ3) is 5.90. The number of thiophene rings is 1. The van der Waals surface area contributed by atoms with Gasteiger partial charge in [0.2, 0.25) is 5.95 Å². The molecule has 9 nitrogen and oxygen atoms in total. The third-order valence-electron chi connectivity index (χ3n) is 7.86. The van der Waals surface area contributed by atoms with Crippen LogP contribution in [0, 0.1) is 0 Å². The molecule has 2 N–H and O–H groups in total. The number of piperidine rings is 1. The number of rotatable bonds is 8. The van der Waals surface area contributed by atoms with Crippen LogP contribution in [-0.4, -0.2) is 69.9 Å². The standard InChI is InChI=1S/C31H34N8OS/c1-2-4-23(5-3-1)20-37-13-10-25(11-14-37)33-29-28-30(39(22-32-28)27-12-19-41-21-27)36-31(35-29)34-24-6-8-26(9-7-24)38-15-17-40-18-16-38/h1-9,12,19,21-22,25H,10-11,13-18,20H2,(H2,33,34,35,36). The van der Waals surface area contributed by atoms with Gasteiger partial charge < -0.3 is 20.3 Å². The molecule has 5 heterocycles. The molecule has 0 atom stereocenters. The number of benzene rings is 2. The van der Waals surface area contributed by atoms with E-state index in [-0.39, 0.29) is 0 Å². The highest BCUT2D eigenvalue weighted by molar-refractivity contribution is 7.08. The van der Waals surface area contributed by atoms with Crippen LogP contribution in [0.1, 0.15) is 18.4 Å². The number of anilines is 4. The first-order valence-electron chi connectivity index (χ1n) is 14.3. The van der Waals surface area contributed by atoms with E-state index in [2.05, 4.69) is 91.9 Å². The van der Waals surface area contributed by atoms with Gasteiger partial charge in [-0.25, -0.2) is 4.98 Å². The van der Waals surface area contributed by atoms with Crippen molar-refractivity contribution >= 4 is 45.6 Å². The molecule has 7 rings (SSSR count). The molecule has 41 heavy (non-hydrogen) atoms. The van der Waals surface area contributed by atoms with Crippen LogP contribution in [0.2, 0.25) is 0 Å². The molecule has 2 aliphatic rings. The van der Waals surface area contributed by atoms with E-state index in [1.165, 1.54) is 11.3 Å². The Hall–Kier alpha value is -3.99. The van der Waals surface area contributed by atoms with Gasteiger partial charge in [0.25, 0.3) is 0 Å². The molecule has 3 aromatic heterocycles. The maximum atomic E-state index is 5.50. The summed E-state index contributed by atoms with van der Waals surface area (Å²) in [5.74, 6) is 1.33. The first-order valence-corrected chi connectivity index (χ1v) is 15.2. The number of morpholine rings is 1. The van der Waals surface area contributed by atoms with E-state index in [0.717, 1.165) is 87.1 Å². The number of aromatic nitrogens is 4. The SMILES string of the molecule is c1ccc(CN2CCC(Nc3nc(Nc4ccc(N5CCOCC5)cc4)nc4c3ncn4-c3ccsc3)CC2)cc1. The lowest BCUT2D eigenvalue weighted by molar-refractivity contribution is 0.122. The molecule has 2 saturated heterocycles. The van der Waals surface area contributed by atoms with Crippen molar-refractivity contribution in [2.45, 2.75) is 25.4 Å². The maximum absolute atomic E-state index is 5.50. The summed E-state index contributed by atoms with van der Waals surface area (Å²) in [7, 11) is 0. The first-order chi connectivity index (χ1) is 20.3. The predicted molar refractivity (Wildman–Crippen MR) is 166 cm³/mol. The quantitative estimate of drug-likeness (QED) is 0.254. The molecule has 0 radical (unpaired) electrons. The van der Waals surface area contributed by atoms with Gasteiger partial charge in [-0.05, 0) is 54.1 Å². The smallest absolute Gasteiger partial charge is 0.231 e. The number of imidazole rings is 1. The van der Waals surface area contributed by atoms with Gasteiger partial charge in [-0.15, -0.1) is 0 Å². The molecule has 210 valence electrons. The van der Waals surface area contributed by atoms with Gasteiger partial charge >= 0.3 is 0 Å². The minimum atomic E-state index is 0.326. The topological polar surface area (TPSA) is 83.4 Å². The summed E-state index contributed by atoms with van der Waals surface area (Å²) in [6.07, 6.45) is 3.95. The monoisotopic (exact) mass is 566 g/mol. The Morgan fingerprint density at radius 3 is 2.44 bits per heavy atom. The van der Waals surface area contributed by atoms with E-state index in [9.17, 15) is 0 Å². The molecule has 0 amide bonds. The summed E-state index contributed by atoms with van der Waals surface area (Å²) in [5.41, 5.74) is 6.14. The van der Waals surface area contributed by atoms with E-state index >= 15 is 0 Å². The summed E-state index contributed by atoms with van der Waals surface area (Å²) in [4.78, 5) is 19.5. The Labute approximate surface area is 243 Å². The number of nitrogens with one attached hydrogen (secondary N) is 2. The summed E-state index contributed by atoms with van der Waals surface area (Å²) in [6.45, 7) is 6.46. The molecular weight excluding hydrogens is 532 g/mol. The van der Waals surface area contributed by atoms with E-state index < -0.39 is 0 Å². The molecule has 10 heteroatoms. The fourth-order valence-electron chi connectivity index (χ4n) is 5.62. The Bertz CT molecular complexity index is 1560.